The van der Waals surface area contributed by atoms with Gasteiger partial charge in [-0.2, -0.15) is 0 Å². The molecule has 0 aromatic heterocycles. The maximum absolute atomic E-state index is 14.1. The van der Waals surface area contributed by atoms with E-state index in [0.717, 1.165) is 6.92 Å². The number of hydrogen-bond acceptors (Lipinski definition) is 17. The molecule has 5 aromatic carbocycles. The number of esters is 6. The van der Waals surface area contributed by atoms with Gasteiger partial charge >= 0.3 is 35.8 Å². The summed E-state index contributed by atoms with van der Waals surface area (Å²) in [5, 5.41) is 8.41. The maximum atomic E-state index is 14.1. The monoisotopic (exact) mass is 1020 g/mol. The van der Waals surface area contributed by atoms with Crippen LogP contribution in [0.15, 0.2) is 152 Å². The van der Waals surface area contributed by atoms with Crippen LogP contribution in [-0.4, -0.2) is 114 Å². The van der Waals surface area contributed by atoms with Crippen LogP contribution >= 0.6 is 34.8 Å². The topological polar surface area (TPSA) is 219 Å². The van der Waals surface area contributed by atoms with Crippen molar-refractivity contribution < 1.29 is 76.1 Å². The standard InChI is InChI=1S/C50H42Cl3NO16/c1-29(55)63-41-39(67-45(59)33-23-13-5-14-24-33)37(36(65-48(41)70-49(54)50(51,52)53)27-61-42(56)30-17-7-2-8-18-30)69-47-40(68-46(60)34-25-15-6-16-26-34)38(66-44(58)32-21-11-4-12-22-32)35(28-62-47)64-43(57)31-19-9-3-10-20-31/h2-26,35-41,47-48,54H,27-28H2,1H3/t35-,36-,37-,38+,39+,40-,41+,47+,48-/m1/s1. The van der Waals surface area contributed by atoms with Crippen molar-refractivity contribution in [2.75, 3.05) is 13.2 Å². The van der Waals surface area contributed by atoms with E-state index in [-0.39, 0.29) is 27.8 Å². The first kappa shape index (κ1) is 51.0. The van der Waals surface area contributed by atoms with Crippen LogP contribution in [0.1, 0.15) is 58.7 Å². The fraction of sp³-hybridized carbons (Fsp3) is 0.260. The minimum atomic E-state index is -2.50. The summed E-state index contributed by atoms with van der Waals surface area (Å²) in [6, 6.07) is 38.8. The summed E-state index contributed by atoms with van der Waals surface area (Å²) in [5.41, 5.74) is 0.350. The van der Waals surface area contributed by atoms with E-state index in [0.29, 0.717) is 0 Å². The molecule has 0 amide bonds. The van der Waals surface area contributed by atoms with Crippen LogP contribution in [0.2, 0.25) is 0 Å². The highest BCUT2D eigenvalue weighted by Crippen LogP contribution is 2.37. The van der Waals surface area contributed by atoms with E-state index < -0.39 is 114 Å². The Balaban J connectivity index is 1.34. The first-order valence-electron chi connectivity index (χ1n) is 21.3. The van der Waals surface area contributed by atoms with Crippen molar-refractivity contribution in [1.82, 2.24) is 0 Å². The third-order valence-electron chi connectivity index (χ3n) is 10.5. The molecule has 2 fully saturated rings. The van der Waals surface area contributed by atoms with E-state index in [2.05, 4.69) is 0 Å². The molecule has 0 unspecified atom stereocenters. The molecule has 2 saturated heterocycles. The first-order chi connectivity index (χ1) is 33.7. The van der Waals surface area contributed by atoms with E-state index >= 15 is 0 Å². The van der Waals surface area contributed by atoms with E-state index in [1.165, 1.54) is 60.7 Å². The number of alkyl halides is 3. The summed E-state index contributed by atoms with van der Waals surface area (Å²) in [7, 11) is 0. The summed E-state index contributed by atoms with van der Waals surface area (Å²) in [5.74, 6) is -6.62. The largest absolute Gasteiger partial charge is 0.459 e. The summed E-state index contributed by atoms with van der Waals surface area (Å²) in [6.45, 7) is -0.302. The van der Waals surface area contributed by atoms with Gasteiger partial charge in [-0.3, -0.25) is 10.2 Å². The Hall–Kier alpha value is -6.86. The lowest BCUT2D eigenvalue weighted by atomic mass is 9.97. The first-order valence-corrected chi connectivity index (χ1v) is 22.5. The van der Waals surface area contributed by atoms with Crippen LogP contribution in [0.25, 0.3) is 0 Å². The quantitative estimate of drug-likeness (QED) is 0.0353. The zero-order valence-corrected chi connectivity index (χ0v) is 39.0. The van der Waals surface area contributed by atoms with Crippen LogP contribution in [0.4, 0.5) is 0 Å². The Kier molecular flexibility index (Phi) is 17.2. The van der Waals surface area contributed by atoms with Gasteiger partial charge in [0.1, 0.15) is 18.8 Å². The summed E-state index contributed by atoms with van der Waals surface area (Å²) in [4.78, 5) is 82.1. The van der Waals surface area contributed by atoms with Crippen LogP contribution in [0.5, 0.6) is 0 Å². The molecule has 20 heteroatoms. The normalized spacial score (nSPS) is 23.1. The molecule has 1 N–H and O–H groups in total. The third kappa shape index (κ3) is 13.3. The second-order valence-corrected chi connectivity index (χ2v) is 17.6. The molecule has 0 aliphatic carbocycles. The average molecular weight is 1020 g/mol. The van der Waals surface area contributed by atoms with Crippen LogP contribution in [-0.2, 0) is 52.2 Å². The van der Waals surface area contributed by atoms with Crippen molar-refractivity contribution >= 4 is 76.5 Å². The Labute approximate surface area is 415 Å². The van der Waals surface area contributed by atoms with Gasteiger partial charge in [0.2, 0.25) is 18.3 Å². The van der Waals surface area contributed by atoms with Gasteiger partial charge in [-0.15, -0.1) is 0 Å². The fourth-order valence-electron chi connectivity index (χ4n) is 7.18. The third-order valence-corrected chi connectivity index (χ3v) is 11.0. The predicted molar refractivity (Wildman–Crippen MR) is 247 cm³/mol. The number of hydrogen-bond donors (Lipinski definition) is 1. The molecule has 2 heterocycles. The smallest absolute Gasteiger partial charge is 0.338 e. The number of carbonyl (C=O) groups excluding carboxylic acids is 6. The van der Waals surface area contributed by atoms with Crippen molar-refractivity contribution in [1.29, 1.82) is 5.41 Å². The molecule has 2 aliphatic heterocycles. The molecule has 0 bridgehead atoms. The molecule has 17 nitrogen and oxygen atoms in total. The summed E-state index contributed by atoms with van der Waals surface area (Å²) >= 11 is 18.0. The van der Waals surface area contributed by atoms with Crippen molar-refractivity contribution in [3.63, 3.8) is 0 Å². The van der Waals surface area contributed by atoms with Gasteiger partial charge in [0.15, 0.2) is 30.7 Å². The van der Waals surface area contributed by atoms with Crippen molar-refractivity contribution in [3.8, 4) is 0 Å². The Morgan fingerprint density at radius 1 is 0.500 bits per heavy atom. The van der Waals surface area contributed by atoms with Gasteiger partial charge in [0, 0.05) is 6.92 Å². The minimum absolute atomic E-state index is 0.00687. The molecule has 5 aromatic rings. The average Bonchev–Trinajstić information content (AvgIpc) is 3.37. The number of nitrogens with one attached hydrogen (secondary N) is 1. The predicted octanol–water partition coefficient (Wildman–Crippen LogP) is 7.51. The molecular weight excluding hydrogens is 977 g/mol. The van der Waals surface area contributed by atoms with E-state index in [1.807, 2.05) is 0 Å². The lowest BCUT2D eigenvalue weighted by molar-refractivity contribution is -0.339. The van der Waals surface area contributed by atoms with E-state index in [1.54, 1.807) is 91.0 Å². The molecule has 70 heavy (non-hydrogen) atoms. The van der Waals surface area contributed by atoms with E-state index in [9.17, 15) is 28.8 Å². The van der Waals surface area contributed by atoms with Gasteiger partial charge in [-0.05, 0) is 60.7 Å². The SMILES string of the molecule is CC(=O)O[C@@H]1[C@@H](OC(=N)C(Cl)(Cl)Cl)O[C@H](COC(=O)c2ccccc2)[C@@H](O[C@@H]2OC[C@@H](OC(=O)c3ccccc3)[C@H](OC(=O)c3ccccc3)[C@H]2OC(=O)c2ccccc2)[C@@H]1OC(=O)c1ccccc1. The maximum Gasteiger partial charge on any atom is 0.338 e. The summed E-state index contributed by atoms with van der Waals surface area (Å²) in [6.07, 6.45) is -16.0. The highest BCUT2D eigenvalue weighted by Gasteiger charge is 2.57. The lowest BCUT2D eigenvalue weighted by Gasteiger charge is -2.47. The number of carbonyl (C=O) groups is 6. The van der Waals surface area contributed by atoms with Crippen molar-refractivity contribution in [2.45, 2.75) is 66.0 Å². The van der Waals surface area contributed by atoms with Crippen LogP contribution < -0.4 is 0 Å². The molecule has 7 rings (SSSR count). The Bertz CT molecular complexity index is 2610. The molecular formula is C50H42Cl3NO16. The zero-order chi connectivity index (χ0) is 49.8. The van der Waals surface area contributed by atoms with Crippen molar-refractivity contribution in [2.24, 2.45) is 0 Å². The second-order valence-electron chi connectivity index (χ2n) is 15.3. The lowest BCUT2D eigenvalue weighted by Crippen LogP contribution is -2.66. The van der Waals surface area contributed by atoms with Gasteiger partial charge in [-0.1, -0.05) is 126 Å². The highest BCUT2D eigenvalue weighted by atomic mass is 35.6. The molecule has 2 aliphatic rings. The Morgan fingerprint density at radius 2 is 0.886 bits per heavy atom. The van der Waals surface area contributed by atoms with Crippen molar-refractivity contribution in [3.05, 3.63) is 179 Å². The molecule has 0 spiro atoms. The van der Waals surface area contributed by atoms with Gasteiger partial charge < -0.3 is 47.4 Å². The van der Waals surface area contributed by atoms with Gasteiger partial charge in [0.25, 0.3) is 3.79 Å². The number of ether oxygens (including phenoxy) is 10. The zero-order valence-electron chi connectivity index (χ0n) is 36.7. The summed E-state index contributed by atoms with van der Waals surface area (Å²) < 4.78 is 57.9. The molecule has 0 saturated carbocycles. The minimum Gasteiger partial charge on any atom is -0.459 e. The number of rotatable bonds is 15. The number of halogens is 3. The number of benzene rings is 5. The van der Waals surface area contributed by atoms with Crippen LogP contribution in [0.3, 0.4) is 0 Å². The van der Waals surface area contributed by atoms with E-state index in [4.69, 9.17) is 87.6 Å². The molecule has 9 atom stereocenters. The van der Waals surface area contributed by atoms with Crippen LogP contribution in [0, 0.1) is 5.41 Å². The second kappa shape index (κ2) is 23.6. The van der Waals surface area contributed by atoms with Gasteiger partial charge in [0.05, 0.1) is 34.4 Å². The molecule has 0 radical (unpaired) electrons. The highest BCUT2D eigenvalue weighted by molar-refractivity contribution is 6.76. The van der Waals surface area contributed by atoms with Gasteiger partial charge in [-0.25, -0.2) is 24.0 Å². The fourth-order valence-corrected chi connectivity index (χ4v) is 7.32. The molecule has 364 valence electrons. The Morgan fingerprint density at radius 3 is 1.31 bits per heavy atom.